The van der Waals surface area contributed by atoms with Gasteiger partial charge in [0.15, 0.2) is 0 Å². The maximum atomic E-state index is 5.01. The number of aromatic nitrogens is 5. The van der Waals surface area contributed by atoms with Gasteiger partial charge in [0.25, 0.3) is 0 Å². The van der Waals surface area contributed by atoms with Crippen molar-refractivity contribution in [1.82, 2.24) is 24.3 Å². The van der Waals surface area contributed by atoms with Crippen LogP contribution in [-0.4, -0.2) is 37.4 Å². The van der Waals surface area contributed by atoms with Crippen LogP contribution in [0.2, 0.25) is 0 Å². The third-order valence-corrected chi connectivity index (χ3v) is 6.37. The topological polar surface area (TPSA) is 59.2 Å². The molecule has 6 nitrogen and oxygen atoms in total. The van der Waals surface area contributed by atoms with Gasteiger partial charge in [0.2, 0.25) is 0 Å². The van der Waals surface area contributed by atoms with Crippen molar-refractivity contribution in [2.24, 2.45) is 5.92 Å². The molecule has 5 rings (SSSR count). The zero-order valence-electron chi connectivity index (χ0n) is 20.5. The van der Waals surface area contributed by atoms with Gasteiger partial charge < -0.3 is 9.30 Å². The van der Waals surface area contributed by atoms with E-state index in [1.807, 2.05) is 16.8 Å². The second-order valence-corrected chi connectivity index (χ2v) is 9.99. The van der Waals surface area contributed by atoms with Gasteiger partial charge >= 0.3 is 0 Å². The molecular formula is C28H34N6. The SMILES string of the molecule is Cc1cc(Cc2nc(Cc3ccn4ccnc4c3)cc(N3CCCCC3)n2)nc(CC(C)C)c1. The fourth-order valence-electron chi connectivity index (χ4n) is 4.85. The first-order chi connectivity index (χ1) is 16.5. The van der Waals surface area contributed by atoms with Gasteiger partial charge in [0, 0.05) is 55.6 Å². The van der Waals surface area contributed by atoms with Crippen molar-refractivity contribution in [3.05, 3.63) is 83.0 Å². The first-order valence-corrected chi connectivity index (χ1v) is 12.5. The maximum Gasteiger partial charge on any atom is 0.136 e. The highest BCUT2D eigenvalue weighted by atomic mass is 15.2. The Labute approximate surface area is 202 Å². The summed E-state index contributed by atoms with van der Waals surface area (Å²) in [5, 5.41) is 0. The molecule has 0 unspecified atom stereocenters. The molecule has 0 radical (unpaired) electrons. The van der Waals surface area contributed by atoms with E-state index in [1.165, 1.54) is 30.4 Å². The lowest BCUT2D eigenvalue weighted by atomic mass is 10.1. The average molecular weight is 455 g/mol. The Hall–Kier alpha value is -3.28. The van der Waals surface area contributed by atoms with E-state index in [9.17, 15) is 0 Å². The van der Waals surface area contributed by atoms with Crippen molar-refractivity contribution in [1.29, 1.82) is 0 Å². The first kappa shape index (κ1) is 22.5. The highest BCUT2D eigenvalue weighted by molar-refractivity contribution is 5.45. The Balaban J connectivity index is 1.46. The molecular weight excluding hydrogens is 420 g/mol. The Morgan fingerprint density at radius 3 is 2.47 bits per heavy atom. The molecule has 1 fully saturated rings. The highest BCUT2D eigenvalue weighted by Crippen LogP contribution is 2.22. The van der Waals surface area contributed by atoms with E-state index in [4.69, 9.17) is 15.0 Å². The Morgan fingerprint density at radius 1 is 0.853 bits per heavy atom. The summed E-state index contributed by atoms with van der Waals surface area (Å²) < 4.78 is 2.03. The molecule has 6 heteroatoms. The molecule has 0 bridgehead atoms. The van der Waals surface area contributed by atoms with Crippen LogP contribution in [0, 0.1) is 12.8 Å². The lowest BCUT2D eigenvalue weighted by molar-refractivity contribution is 0.571. The van der Waals surface area contributed by atoms with Crippen LogP contribution in [0.4, 0.5) is 5.82 Å². The Kier molecular flexibility index (Phi) is 6.57. The van der Waals surface area contributed by atoms with Gasteiger partial charge in [0.1, 0.15) is 17.3 Å². The standard InChI is InChI=1S/C28H34N6/c1-20(2)13-23-14-21(3)15-24(30-23)18-26-31-25(19-28(32-26)33-9-5-4-6-10-33)16-22-7-11-34-12-8-29-27(34)17-22/h7-8,11-12,14-15,17,19-20H,4-6,9-10,13,16,18H2,1-3H3. The van der Waals surface area contributed by atoms with Crippen LogP contribution in [0.5, 0.6) is 0 Å². The molecule has 4 aromatic rings. The predicted molar refractivity (Wildman–Crippen MR) is 136 cm³/mol. The van der Waals surface area contributed by atoms with Gasteiger partial charge in [-0.3, -0.25) is 4.98 Å². The molecule has 4 aromatic heterocycles. The summed E-state index contributed by atoms with van der Waals surface area (Å²) in [6.07, 6.45) is 12.0. The predicted octanol–water partition coefficient (Wildman–Crippen LogP) is 5.20. The molecule has 34 heavy (non-hydrogen) atoms. The number of anilines is 1. The number of fused-ring (bicyclic) bond motifs is 1. The maximum absolute atomic E-state index is 5.01. The number of piperidine rings is 1. The van der Waals surface area contributed by atoms with Gasteiger partial charge in [-0.2, -0.15) is 0 Å². The molecule has 5 heterocycles. The zero-order chi connectivity index (χ0) is 23.5. The molecule has 0 atom stereocenters. The van der Waals surface area contributed by atoms with E-state index < -0.39 is 0 Å². The van der Waals surface area contributed by atoms with Gasteiger partial charge in [0.05, 0.1) is 12.1 Å². The van der Waals surface area contributed by atoms with E-state index in [1.54, 1.807) is 0 Å². The fraction of sp³-hybridized carbons (Fsp3) is 0.429. The molecule has 0 spiro atoms. The quantitative estimate of drug-likeness (QED) is 0.384. The fourth-order valence-corrected chi connectivity index (χ4v) is 4.85. The van der Waals surface area contributed by atoms with Gasteiger partial charge in [-0.05, 0) is 73.9 Å². The van der Waals surface area contributed by atoms with E-state index in [0.29, 0.717) is 12.3 Å². The normalized spacial score (nSPS) is 14.3. The monoisotopic (exact) mass is 454 g/mol. The van der Waals surface area contributed by atoms with Crippen molar-refractivity contribution in [2.45, 2.75) is 59.3 Å². The van der Waals surface area contributed by atoms with Crippen molar-refractivity contribution in [3.8, 4) is 0 Å². The van der Waals surface area contributed by atoms with Crippen LogP contribution < -0.4 is 4.90 Å². The van der Waals surface area contributed by atoms with Crippen LogP contribution in [-0.2, 0) is 19.3 Å². The van der Waals surface area contributed by atoms with Gasteiger partial charge in [-0.1, -0.05) is 13.8 Å². The van der Waals surface area contributed by atoms with Crippen LogP contribution >= 0.6 is 0 Å². The molecule has 0 amide bonds. The van der Waals surface area contributed by atoms with Gasteiger partial charge in [-0.25, -0.2) is 15.0 Å². The summed E-state index contributed by atoms with van der Waals surface area (Å²) >= 11 is 0. The van der Waals surface area contributed by atoms with Crippen molar-refractivity contribution < 1.29 is 0 Å². The van der Waals surface area contributed by atoms with E-state index in [-0.39, 0.29) is 0 Å². The third-order valence-electron chi connectivity index (χ3n) is 6.37. The average Bonchev–Trinajstić information content (AvgIpc) is 3.26. The van der Waals surface area contributed by atoms with Crippen LogP contribution in [0.25, 0.3) is 5.65 Å². The second kappa shape index (κ2) is 9.92. The zero-order valence-corrected chi connectivity index (χ0v) is 20.5. The molecule has 1 saturated heterocycles. The Bertz CT molecular complexity index is 1270. The minimum Gasteiger partial charge on any atom is -0.357 e. The molecule has 1 aliphatic rings. The molecule has 176 valence electrons. The summed E-state index contributed by atoms with van der Waals surface area (Å²) in [5.74, 6) is 2.49. The second-order valence-electron chi connectivity index (χ2n) is 9.99. The number of hydrogen-bond acceptors (Lipinski definition) is 5. The number of hydrogen-bond donors (Lipinski definition) is 0. The summed E-state index contributed by atoms with van der Waals surface area (Å²) in [4.78, 5) is 21.8. The molecule has 1 aliphatic heterocycles. The largest absolute Gasteiger partial charge is 0.357 e. The van der Waals surface area contributed by atoms with E-state index in [2.05, 4.69) is 67.2 Å². The van der Waals surface area contributed by atoms with Crippen LogP contribution in [0.1, 0.15) is 67.1 Å². The molecule has 0 aliphatic carbocycles. The lowest BCUT2D eigenvalue weighted by Gasteiger charge is -2.28. The number of pyridine rings is 2. The van der Waals surface area contributed by atoms with Gasteiger partial charge in [-0.15, -0.1) is 0 Å². The first-order valence-electron chi connectivity index (χ1n) is 12.5. The minimum absolute atomic E-state index is 0.583. The number of aryl methyl sites for hydroxylation is 1. The summed E-state index contributed by atoms with van der Waals surface area (Å²) in [6, 6.07) is 10.8. The highest BCUT2D eigenvalue weighted by Gasteiger charge is 2.16. The molecule has 0 aromatic carbocycles. The summed E-state index contributed by atoms with van der Waals surface area (Å²) in [6.45, 7) is 8.76. The molecule has 0 N–H and O–H groups in total. The smallest absolute Gasteiger partial charge is 0.136 e. The van der Waals surface area contributed by atoms with Crippen molar-refractivity contribution >= 4 is 11.5 Å². The summed E-state index contributed by atoms with van der Waals surface area (Å²) in [5.41, 5.74) is 6.68. The van der Waals surface area contributed by atoms with E-state index >= 15 is 0 Å². The number of nitrogens with zero attached hydrogens (tertiary/aromatic N) is 6. The Morgan fingerprint density at radius 2 is 1.65 bits per heavy atom. The van der Waals surface area contributed by atoms with Crippen molar-refractivity contribution in [3.63, 3.8) is 0 Å². The number of imidazole rings is 1. The van der Waals surface area contributed by atoms with Crippen LogP contribution in [0.3, 0.4) is 0 Å². The summed E-state index contributed by atoms with van der Waals surface area (Å²) in [7, 11) is 0. The van der Waals surface area contributed by atoms with E-state index in [0.717, 1.165) is 60.3 Å². The van der Waals surface area contributed by atoms with Crippen molar-refractivity contribution in [2.75, 3.05) is 18.0 Å². The number of rotatable bonds is 7. The minimum atomic E-state index is 0.583. The molecule has 0 saturated carbocycles. The lowest BCUT2D eigenvalue weighted by Crippen LogP contribution is -2.30. The third kappa shape index (κ3) is 5.44. The van der Waals surface area contributed by atoms with Crippen LogP contribution in [0.15, 0.2) is 48.9 Å².